The van der Waals surface area contributed by atoms with E-state index in [1.54, 1.807) is 0 Å². The number of nitrogens with one attached hydrogen (secondary N) is 1. The van der Waals surface area contributed by atoms with Crippen molar-refractivity contribution in [2.45, 2.75) is 37.9 Å². The first kappa shape index (κ1) is 14.0. The van der Waals surface area contributed by atoms with Crippen molar-refractivity contribution in [1.82, 2.24) is 10.2 Å². The minimum atomic E-state index is -0.0228. The van der Waals surface area contributed by atoms with Crippen molar-refractivity contribution in [1.29, 1.82) is 0 Å². The zero-order valence-electron chi connectivity index (χ0n) is 12.5. The van der Waals surface area contributed by atoms with E-state index in [0.29, 0.717) is 6.04 Å². The second-order valence-corrected chi connectivity index (χ2v) is 7.14. The summed E-state index contributed by atoms with van der Waals surface area (Å²) in [6.07, 6.45) is 2.98. The van der Waals surface area contributed by atoms with Crippen LogP contribution in [0.15, 0.2) is 41.8 Å². The van der Waals surface area contributed by atoms with Crippen LogP contribution in [0.5, 0.6) is 0 Å². The van der Waals surface area contributed by atoms with E-state index in [2.05, 4.69) is 41.0 Å². The van der Waals surface area contributed by atoms with E-state index in [9.17, 15) is 4.79 Å². The molecule has 2 aromatic rings. The van der Waals surface area contributed by atoms with Crippen LogP contribution in [0, 0.1) is 0 Å². The first-order valence-corrected chi connectivity index (χ1v) is 8.84. The topological polar surface area (TPSA) is 32.3 Å². The highest BCUT2D eigenvalue weighted by Crippen LogP contribution is 2.29. The second kappa shape index (κ2) is 5.86. The molecule has 0 aliphatic carbocycles. The molecule has 2 aliphatic heterocycles. The normalized spacial score (nSPS) is 24.3. The summed E-state index contributed by atoms with van der Waals surface area (Å²) >= 11 is 1.82. The predicted molar refractivity (Wildman–Crippen MR) is 88.8 cm³/mol. The van der Waals surface area contributed by atoms with Gasteiger partial charge in [-0.25, -0.2) is 0 Å². The Morgan fingerprint density at radius 2 is 2.05 bits per heavy atom. The molecule has 2 aliphatic rings. The Balaban J connectivity index is 1.42. The molecule has 4 rings (SSSR count). The molecular formula is C18H20N2OS. The van der Waals surface area contributed by atoms with Gasteiger partial charge >= 0.3 is 0 Å². The summed E-state index contributed by atoms with van der Waals surface area (Å²) in [6, 6.07) is 12.9. The molecule has 0 unspecified atom stereocenters. The number of amides is 1. The molecule has 1 amide bonds. The fourth-order valence-corrected chi connectivity index (χ4v) is 4.43. The number of benzene rings is 1. The van der Waals surface area contributed by atoms with Crippen molar-refractivity contribution < 1.29 is 4.79 Å². The summed E-state index contributed by atoms with van der Waals surface area (Å²) in [7, 11) is 0. The van der Waals surface area contributed by atoms with Gasteiger partial charge in [-0.2, -0.15) is 0 Å². The minimum Gasteiger partial charge on any atom is -0.337 e. The van der Waals surface area contributed by atoms with Gasteiger partial charge in [0, 0.05) is 24.0 Å². The van der Waals surface area contributed by atoms with Crippen molar-refractivity contribution in [3.63, 3.8) is 0 Å². The van der Waals surface area contributed by atoms with Gasteiger partial charge in [0.05, 0.1) is 6.04 Å². The summed E-state index contributed by atoms with van der Waals surface area (Å²) in [4.78, 5) is 16.3. The Morgan fingerprint density at radius 3 is 2.91 bits per heavy atom. The van der Waals surface area contributed by atoms with E-state index in [1.807, 2.05) is 22.3 Å². The standard InChI is InChI=1S/C18H20N2OS/c21-18(20-10-8-17-14(12-20)9-11-22-17)16-7-6-15(19-16)13-4-2-1-3-5-13/h1-5,9,11,15-16,19H,6-8,10,12H2/t15-,16-/m1/s1. The number of nitrogens with zero attached hydrogens (tertiary/aromatic N) is 1. The number of hydrogen-bond donors (Lipinski definition) is 1. The monoisotopic (exact) mass is 312 g/mol. The fraction of sp³-hybridized carbons (Fsp3) is 0.389. The molecule has 0 spiro atoms. The Morgan fingerprint density at radius 1 is 1.18 bits per heavy atom. The van der Waals surface area contributed by atoms with Gasteiger partial charge in [-0.3, -0.25) is 10.1 Å². The SMILES string of the molecule is O=C([C@H]1CC[C@H](c2ccccc2)N1)N1CCc2sccc2C1. The smallest absolute Gasteiger partial charge is 0.240 e. The van der Waals surface area contributed by atoms with Gasteiger partial charge in [0.1, 0.15) is 0 Å². The van der Waals surface area contributed by atoms with E-state index < -0.39 is 0 Å². The lowest BCUT2D eigenvalue weighted by molar-refractivity contribution is -0.134. The number of rotatable bonds is 2. The minimum absolute atomic E-state index is 0.0228. The molecule has 0 bridgehead atoms. The lowest BCUT2D eigenvalue weighted by Gasteiger charge is -2.29. The van der Waals surface area contributed by atoms with Crippen LogP contribution in [-0.4, -0.2) is 23.4 Å². The van der Waals surface area contributed by atoms with Gasteiger partial charge in [-0.05, 0) is 41.8 Å². The summed E-state index contributed by atoms with van der Waals surface area (Å²) in [5.41, 5.74) is 2.62. The van der Waals surface area contributed by atoms with E-state index in [0.717, 1.165) is 32.4 Å². The zero-order chi connectivity index (χ0) is 14.9. The van der Waals surface area contributed by atoms with Crippen LogP contribution in [0.2, 0.25) is 0 Å². The maximum absolute atomic E-state index is 12.8. The first-order valence-electron chi connectivity index (χ1n) is 7.96. The molecule has 4 heteroatoms. The van der Waals surface area contributed by atoms with Crippen molar-refractivity contribution in [2.75, 3.05) is 6.54 Å². The average Bonchev–Trinajstić information content (AvgIpc) is 3.23. The number of fused-ring (bicyclic) bond motifs is 1. The van der Waals surface area contributed by atoms with Crippen molar-refractivity contribution in [2.24, 2.45) is 0 Å². The van der Waals surface area contributed by atoms with E-state index in [-0.39, 0.29) is 11.9 Å². The van der Waals surface area contributed by atoms with E-state index in [4.69, 9.17) is 0 Å². The van der Waals surface area contributed by atoms with Crippen LogP contribution in [0.4, 0.5) is 0 Å². The highest BCUT2D eigenvalue weighted by Gasteiger charge is 2.33. The van der Waals surface area contributed by atoms with Crippen LogP contribution in [0.3, 0.4) is 0 Å². The lowest BCUT2D eigenvalue weighted by Crippen LogP contribution is -2.45. The van der Waals surface area contributed by atoms with Crippen molar-refractivity contribution >= 4 is 17.2 Å². The molecule has 2 atom stereocenters. The van der Waals surface area contributed by atoms with Crippen LogP contribution in [-0.2, 0) is 17.8 Å². The summed E-state index contributed by atoms with van der Waals surface area (Å²) in [6.45, 7) is 1.65. The van der Waals surface area contributed by atoms with Gasteiger partial charge in [-0.15, -0.1) is 11.3 Å². The number of carbonyl (C=O) groups excluding carboxylic acids is 1. The molecule has 22 heavy (non-hydrogen) atoms. The molecule has 1 aromatic carbocycles. The highest BCUT2D eigenvalue weighted by molar-refractivity contribution is 7.10. The predicted octanol–water partition coefficient (Wildman–Crippen LogP) is 3.13. The molecule has 3 nitrogen and oxygen atoms in total. The highest BCUT2D eigenvalue weighted by atomic mass is 32.1. The third kappa shape index (κ3) is 2.57. The van der Waals surface area contributed by atoms with Crippen LogP contribution >= 0.6 is 11.3 Å². The quantitative estimate of drug-likeness (QED) is 0.924. The molecule has 0 radical (unpaired) electrons. The van der Waals surface area contributed by atoms with E-state index in [1.165, 1.54) is 16.0 Å². The molecule has 1 aromatic heterocycles. The average molecular weight is 312 g/mol. The lowest BCUT2D eigenvalue weighted by atomic mass is 10.1. The van der Waals surface area contributed by atoms with Gasteiger partial charge in [0.25, 0.3) is 0 Å². The van der Waals surface area contributed by atoms with Crippen molar-refractivity contribution in [3.8, 4) is 0 Å². The molecule has 0 saturated carbocycles. The fourth-order valence-electron chi connectivity index (χ4n) is 3.54. The van der Waals surface area contributed by atoms with Crippen LogP contribution in [0.25, 0.3) is 0 Å². The number of carbonyl (C=O) groups is 1. The molecular weight excluding hydrogens is 292 g/mol. The van der Waals surface area contributed by atoms with Crippen molar-refractivity contribution in [3.05, 3.63) is 57.8 Å². The second-order valence-electron chi connectivity index (χ2n) is 6.14. The van der Waals surface area contributed by atoms with Gasteiger partial charge in [0.15, 0.2) is 0 Å². The summed E-state index contributed by atoms with van der Waals surface area (Å²) < 4.78 is 0. The third-order valence-electron chi connectivity index (χ3n) is 4.77. The maximum Gasteiger partial charge on any atom is 0.240 e. The zero-order valence-corrected chi connectivity index (χ0v) is 13.3. The molecule has 1 saturated heterocycles. The molecule has 1 N–H and O–H groups in total. The van der Waals surface area contributed by atoms with E-state index >= 15 is 0 Å². The molecule has 114 valence electrons. The Kier molecular flexibility index (Phi) is 3.72. The Labute approximate surface area is 135 Å². The van der Waals surface area contributed by atoms with Gasteiger partial charge in [0.2, 0.25) is 5.91 Å². The summed E-state index contributed by atoms with van der Waals surface area (Å²) in [5.74, 6) is 0.273. The maximum atomic E-state index is 12.8. The van der Waals surface area contributed by atoms with Gasteiger partial charge in [-0.1, -0.05) is 30.3 Å². The largest absolute Gasteiger partial charge is 0.337 e. The molecule has 1 fully saturated rings. The molecule has 3 heterocycles. The third-order valence-corrected chi connectivity index (χ3v) is 5.79. The Hall–Kier alpha value is -1.65. The number of hydrogen-bond acceptors (Lipinski definition) is 3. The first-order chi connectivity index (χ1) is 10.8. The van der Waals surface area contributed by atoms with Crippen LogP contribution < -0.4 is 5.32 Å². The van der Waals surface area contributed by atoms with Gasteiger partial charge < -0.3 is 4.90 Å². The summed E-state index contributed by atoms with van der Waals surface area (Å²) in [5, 5.41) is 5.67. The Bertz CT molecular complexity index is 667. The number of thiophene rings is 1. The van der Waals surface area contributed by atoms with Crippen LogP contribution in [0.1, 0.15) is 34.9 Å².